The smallest absolute Gasteiger partial charge is 0.333 e. The van der Waals surface area contributed by atoms with Crippen LogP contribution in [0.2, 0.25) is 0 Å². The molecule has 0 saturated heterocycles. The van der Waals surface area contributed by atoms with Gasteiger partial charge in [0.25, 0.3) is 0 Å². The molecule has 1 atom stereocenters. The number of hydrogen-bond acceptors (Lipinski definition) is 2. The van der Waals surface area contributed by atoms with Crippen LogP contribution in [0.1, 0.15) is 31.7 Å². The predicted octanol–water partition coefficient (Wildman–Crippen LogP) is 1.84. The number of carboxylic acid groups (broad SMARTS) is 1. The Bertz CT molecular complexity index is 471. The lowest BCUT2D eigenvalue weighted by atomic mass is 9.91. The minimum absolute atomic E-state index is 0.175. The van der Waals surface area contributed by atoms with E-state index in [1.165, 1.54) is 6.92 Å². The van der Waals surface area contributed by atoms with Crippen molar-refractivity contribution in [2.75, 3.05) is 0 Å². The Morgan fingerprint density at radius 1 is 1.26 bits per heavy atom. The summed E-state index contributed by atoms with van der Waals surface area (Å²) < 4.78 is 0. The predicted molar refractivity (Wildman–Crippen MR) is 70.7 cm³/mol. The first-order valence-corrected chi connectivity index (χ1v) is 6.40. The van der Waals surface area contributed by atoms with Crippen molar-refractivity contribution in [1.82, 2.24) is 10.6 Å². The highest BCUT2D eigenvalue weighted by atomic mass is 16.4. The topological polar surface area (TPSA) is 78.4 Å². The Kier molecular flexibility index (Phi) is 3.74. The number of rotatable bonds is 4. The molecule has 1 aliphatic carbocycles. The van der Waals surface area contributed by atoms with Gasteiger partial charge in [0, 0.05) is 6.04 Å². The normalized spacial score (nSPS) is 17.9. The van der Waals surface area contributed by atoms with Crippen molar-refractivity contribution in [3.8, 4) is 0 Å². The molecule has 1 fully saturated rings. The maximum absolute atomic E-state index is 11.9. The van der Waals surface area contributed by atoms with Crippen molar-refractivity contribution in [2.45, 2.75) is 37.8 Å². The average molecular weight is 262 g/mol. The average Bonchev–Trinajstić information content (AvgIpc) is 2.34. The standard InChI is InChI=1S/C14H18N2O3/c1-14(12(17)18,10-6-3-2-4-7-10)16-13(19)15-11-8-5-9-11/h2-4,6-7,11H,5,8-9H2,1H3,(H,17,18)(H2,15,16,19). The summed E-state index contributed by atoms with van der Waals surface area (Å²) >= 11 is 0. The lowest BCUT2D eigenvalue weighted by Gasteiger charge is -2.31. The summed E-state index contributed by atoms with van der Waals surface area (Å²) in [4.78, 5) is 23.3. The molecule has 102 valence electrons. The molecule has 1 aromatic rings. The molecule has 1 saturated carbocycles. The van der Waals surface area contributed by atoms with Gasteiger partial charge >= 0.3 is 12.0 Å². The summed E-state index contributed by atoms with van der Waals surface area (Å²) in [5, 5.41) is 14.7. The molecule has 0 aliphatic heterocycles. The van der Waals surface area contributed by atoms with Crippen molar-refractivity contribution in [2.24, 2.45) is 0 Å². The molecule has 2 rings (SSSR count). The van der Waals surface area contributed by atoms with Crippen LogP contribution in [0.15, 0.2) is 30.3 Å². The van der Waals surface area contributed by atoms with Crippen LogP contribution in [-0.4, -0.2) is 23.1 Å². The summed E-state index contributed by atoms with van der Waals surface area (Å²) in [6, 6.07) is 8.44. The highest BCUT2D eigenvalue weighted by Gasteiger charge is 2.37. The third-order valence-corrected chi connectivity index (χ3v) is 3.58. The molecule has 1 aliphatic rings. The van der Waals surface area contributed by atoms with E-state index in [0.717, 1.165) is 19.3 Å². The Balaban J connectivity index is 2.11. The minimum Gasteiger partial charge on any atom is -0.479 e. The molecule has 1 unspecified atom stereocenters. The number of nitrogens with one attached hydrogen (secondary N) is 2. The SMILES string of the molecule is CC(NC(=O)NC1CCC1)(C(=O)O)c1ccccc1. The van der Waals surface area contributed by atoms with Crippen molar-refractivity contribution in [3.05, 3.63) is 35.9 Å². The van der Waals surface area contributed by atoms with Crippen molar-refractivity contribution >= 4 is 12.0 Å². The third-order valence-electron chi connectivity index (χ3n) is 3.58. The van der Waals surface area contributed by atoms with Crippen LogP contribution in [0.25, 0.3) is 0 Å². The molecule has 0 bridgehead atoms. The number of urea groups is 1. The zero-order chi connectivity index (χ0) is 13.9. The summed E-state index contributed by atoms with van der Waals surface area (Å²) in [7, 11) is 0. The number of carbonyl (C=O) groups is 2. The van der Waals surface area contributed by atoms with E-state index in [4.69, 9.17) is 0 Å². The number of amides is 2. The lowest BCUT2D eigenvalue weighted by molar-refractivity contribution is -0.144. The molecule has 5 nitrogen and oxygen atoms in total. The Morgan fingerprint density at radius 3 is 2.37 bits per heavy atom. The first-order valence-electron chi connectivity index (χ1n) is 6.40. The molecule has 0 radical (unpaired) electrons. The van der Waals surface area contributed by atoms with E-state index in [1.807, 2.05) is 0 Å². The summed E-state index contributed by atoms with van der Waals surface area (Å²) in [6.45, 7) is 1.49. The number of carbonyl (C=O) groups excluding carboxylic acids is 1. The molecule has 0 aromatic heterocycles. The van der Waals surface area contributed by atoms with Gasteiger partial charge in [-0.3, -0.25) is 0 Å². The van der Waals surface area contributed by atoms with E-state index in [0.29, 0.717) is 5.56 Å². The minimum atomic E-state index is -1.42. The van der Waals surface area contributed by atoms with Crippen molar-refractivity contribution in [1.29, 1.82) is 0 Å². The summed E-state index contributed by atoms with van der Waals surface area (Å²) in [5.41, 5.74) is -0.874. The van der Waals surface area contributed by atoms with Crippen LogP contribution in [-0.2, 0) is 10.3 Å². The van der Waals surface area contributed by atoms with Gasteiger partial charge in [-0.25, -0.2) is 9.59 Å². The molecule has 3 N–H and O–H groups in total. The van der Waals surface area contributed by atoms with Crippen molar-refractivity contribution in [3.63, 3.8) is 0 Å². The third kappa shape index (κ3) is 2.86. The second-order valence-corrected chi connectivity index (χ2v) is 5.02. The van der Waals surface area contributed by atoms with Gasteiger partial charge in [0.05, 0.1) is 0 Å². The molecule has 5 heteroatoms. The molecule has 0 spiro atoms. The number of hydrogen-bond donors (Lipinski definition) is 3. The van der Waals surface area contributed by atoms with E-state index in [1.54, 1.807) is 30.3 Å². The maximum Gasteiger partial charge on any atom is 0.333 e. The van der Waals surface area contributed by atoms with Crippen LogP contribution in [0.3, 0.4) is 0 Å². The summed E-state index contributed by atoms with van der Waals surface area (Å²) in [5.74, 6) is -1.08. The zero-order valence-electron chi connectivity index (χ0n) is 10.8. The van der Waals surface area contributed by atoms with Gasteiger partial charge in [0.2, 0.25) is 0 Å². The van der Waals surface area contributed by atoms with E-state index in [-0.39, 0.29) is 6.04 Å². The van der Waals surface area contributed by atoms with Crippen LogP contribution in [0.5, 0.6) is 0 Å². The van der Waals surface area contributed by atoms with Gasteiger partial charge in [0.1, 0.15) is 0 Å². The van der Waals surface area contributed by atoms with E-state index >= 15 is 0 Å². The number of benzene rings is 1. The number of carboxylic acids is 1. The van der Waals surface area contributed by atoms with Crippen LogP contribution in [0, 0.1) is 0 Å². The fraction of sp³-hybridized carbons (Fsp3) is 0.429. The van der Waals surface area contributed by atoms with Gasteiger partial charge in [-0.05, 0) is 31.7 Å². The first kappa shape index (κ1) is 13.4. The van der Waals surface area contributed by atoms with E-state index in [2.05, 4.69) is 10.6 Å². The van der Waals surface area contributed by atoms with Gasteiger partial charge in [-0.2, -0.15) is 0 Å². The van der Waals surface area contributed by atoms with Crippen LogP contribution < -0.4 is 10.6 Å². The first-order chi connectivity index (χ1) is 9.02. The molecule has 19 heavy (non-hydrogen) atoms. The Morgan fingerprint density at radius 2 is 1.89 bits per heavy atom. The fourth-order valence-corrected chi connectivity index (χ4v) is 2.02. The maximum atomic E-state index is 11.9. The zero-order valence-corrected chi connectivity index (χ0v) is 10.8. The van der Waals surface area contributed by atoms with Crippen molar-refractivity contribution < 1.29 is 14.7 Å². The highest BCUT2D eigenvalue weighted by molar-refractivity contribution is 5.87. The molecular weight excluding hydrogens is 244 g/mol. The quantitative estimate of drug-likeness (QED) is 0.774. The van der Waals surface area contributed by atoms with E-state index < -0.39 is 17.5 Å². The highest BCUT2D eigenvalue weighted by Crippen LogP contribution is 2.22. The fourth-order valence-electron chi connectivity index (χ4n) is 2.02. The van der Waals surface area contributed by atoms with Gasteiger partial charge in [-0.1, -0.05) is 30.3 Å². The molecule has 0 heterocycles. The Labute approximate surface area is 112 Å². The molecule has 2 amide bonds. The second-order valence-electron chi connectivity index (χ2n) is 5.02. The van der Waals surface area contributed by atoms with Gasteiger partial charge < -0.3 is 15.7 Å². The van der Waals surface area contributed by atoms with Crippen LogP contribution >= 0.6 is 0 Å². The lowest BCUT2D eigenvalue weighted by Crippen LogP contribution is -2.55. The monoisotopic (exact) mass is 262 g/mol. The largest absolute Gasteiger partial charge is 0.479 e. The van der Waals surface area contributed by atoms with Crippen LogP contribution in [0.4, 0.5) is 4.79 Å². The van der Waals surface area contributed by atoms with Gasteiger partial charge in [-0.15, -0.1) is 0 Å². The Hall–Kier alpha value is -2.04. The molecule has 1 aromatic carbocycles. The second kappa shape index (κ2) is 5.30. The number of aliphatic carboxylic acids is 1. The molecular formula is C14H18N2O3. The summed E-state index contributed by atoms with van der Waals surface area (Å²) in [6.07, 6.45) is 3.03. The van der Waals surface area contributed by atoms with Gasteiger partial charge in [0.15, 0.2) is 5.54 Å². The van der Waals surface area contributed by atoms with E-state index in [9.17, 15) is 14.7 Å².